The first-order valence-corrected chi connectivity index (χ1v) is 13.3. The molecule has 0 spiro atoms. The van der Waals surface area contributed by atoms with Gasteiger partial charge in [0.15, 0.2) is 0 Å². The first-order valence-electron chi connectivity index (χ1n) is 11.4. The van der Waals surface area contributed by atoms with Gasteiger partial charge >= 0.3 is 0 Å². The molecule has 2 rings (SSSR count). The van der Waals surface area contributed by atoms with Crippen LogP contribution in [0.1, 0.15) is 38.7 Å². The summed E-state index contributed by atoms with van der Waals surface area (Å²) in [6.45, 7) is 4.12. The van der Waals surface area contributed by atoms with E-state index in [0.717, 1.165) is 29.0 Å². The predicted molar refractivity (Wildman–Crippen MR) is 134 cm³/mol. The van der Waals surface area contributed by atoms with Gasteiger partial charge in [0.1, 0.15) is 18.3 Å². The minimum atomic E-state index is -3.74. The van der Waals surface area contributed by atoms with Crippen LogP contribution in [0.3, 0.4) is 0 Å². The summed E-state index contributed by atoms with van der Waals surface area (Å²) < 4.78 is 31.4. The summed E-state index contributed by atoms with van der Waals surface area (Å²) in [5.74, 6) is -0.0835. The third-order valence-corrected chi connectivity index (χ3v) is 6.57. The highest BCUT2D eigenvalue weighted by Gasteiger charge is 2.31. The highest BCUT2D eigenvalue weighted by atomic mass is 32.2. The molecule has 0 aliphatic carbocycles. The lowest BCUT2D eigenvalue weighted by Gasteiger charge is -2.33. The van der Waals surface area contributed by atoms with Gasteiger partial charge in [-0.3, -0.25) is 13.9 Å². The van der Waals surface area contributed by atoms with Crippen molar-refractivity contribution < 1.29 is 22.7 Å². The number of nitrogens with zero attached hydrogens (tertiary/aromatic N) is 2. The molecule has 186 valence electrons. The third kappa shape index (κ3) is 7.76. The van der Waals surface area contributed by atoms with E-state index in [9.17, 15) is 18.0 Å². The quantitative estimate of drug-likeness (QED) is 0.436. The van der Waals surface area contributed by atoms with Crippen LogP contribution in [0, 0.1) is 0 Å². The van der Waals surface area contributed by atoms with E-state index < -0.39 is 28.5 Å². The molecule has 2 aromatic rings. The monoisotopic (exact) mass is 489 g/mol. The molecule has 0 heterocycles. The number of anilines is 1. The minimum absolute atomic E-state index is 0.141. The van der Waals surface area contributed by atoms with Crippen LogP contribution in [0.5, 0.6) is 5.75 Å². The van der Waals surface area contributed by atoms with E-state index in [2.05, 4.69) is 5.32 Å². The number of nitrogens with one attached hydrogen (secondary N) is 1. The number of benzene rings is 2. The zero-order chi connectivity index (χ0) is 25.1. The molecule has 9 heteroatoms. The average molecular weight is 490 g/mol. The van der Waals surface area contributed by atoms with E-state index in [4.69, 9.17) is 4.74 Å². The summed E-state index contributed by atoms with van der Waals surface area (Å²) in [5, 5.41) is 2.90. The highest BCUT2D eigenvalue weighted by Crippen LogP contribution is 2.20. The van der Waals surface area contributed by atoms with Crippen LogP contribution in [0.15, 0.2) is 54.6 Å². The lowest BCUT2D eigenvalue weighted by Crippen LogP contribution is -2.52. The summed E-state index contributed by atoms with van der Waals surface area (Å²) >= 11 is 0. The van der Waals surface area contributed by atoms with Gasteiger partial charge in [-0.05, 0) is 42.7 Å². The number of ether oxygens (including phenoxy) is 1. The maximum Gasteiger partial charge on any atom is 0.244 e. The molecule has 1 atom stereocenters. The Morgan fingerprint density at radius 2 is 1.76 bits per heavy atom. The van der Waals surface area contributed by atoms with Crippen molar-refractivity contribution in [2.45, 2.75) is 45.7 Å². The average Bonchev–Trinajstić information content (AvgIpc) is 2.82. The second kappa shape index (κ2) is 13.0. The van der Waals surface area contributed by atoms with Gasteiger partial charge in [0, 0.05) is 13.1 Å². The van der Waals surface area contributed by atoms with Crippen molar-refractivity contribution in [1.82, 2.24) is 10.2 Å². The number of sulfonamides is 1. The van der Waals surface area contributed by atoms with Crippen molar-refractivity contribution in [3.8, 4) is 5.75 Å². The number of para-hydroxylation sites is 1. The summed E-state index contributed by atoms with van der Waals surface area (Å²) in [4.78, 5) is 28.0. The molecule has 34 heavy (non-hydrogen) atoms. The van der Waals surface area contributed by atoms with Gasteiger partial charge in [0.05, 0.1) is 19.1 Å². The highest BCUT2D eigenvalue weighted by molar-refractivity contribution is 7.92. The summed E-state index contributed by atoms with van der Waals surface area (Å²) in [6.07, 6.45) is 3.22. The lowest BCUT2D eigenvalue weighted by atomic mass is 10.1. The Morgan fingerprint density at radius 1 is 1.06 bits per heavy atom. The molecule has 0 radical (unpaired) electrons. The lowest BCUT2D eigenvalue weighted by molar-refractivity contribution is -0.140. The fourth-order valence-electron chi connectivity index (χ4n) is 3.60. The Labute approximate surface area is 202 Å². The molecule has 0 aliphatic heterocycles. The van der Waals surface area contributed by atoms with Crippen molar-refractivity contribution in [2.75, 3.05) is 30.8 Å². The Balaban J connectivity index is 2.39. The molecular weight excluding hydrogens is 454 g/mol. The fourth-order valence-corrected chi connectivity index (χ4v) is 4.45. The van der Waals surface area contributed by atoms with Gasteiger partial charge in [-0.15, -0.1) is 0 Å². The number of carbonyl (C=O) groups is 2. The standard InChI is InChI=1S/C25H35N3O5S/c1-5-7-16-26-25(30)23(6-2)27(18-20-12-11-15-22(17-20)33-3)24(29)19-28(34(4,31)32)21-13-9-8-10-14-21/h8-15,17,23H,5-7,16,18-19H2,1-4H3,(H,26,30)/t23-/m1/s1. The number of methoxy groups -OCH3 is 1. The molecule has 8 nitrogen and oxygen atoms in total. The van der Waals surface area contributed by atoms with E-state index in [0.29, 0.717) is 24.4 Å². The molecule has 0 saturated heterocycles. The first kappa shape index (κ1) is 27.2. The van der Waals surface area contributed by atoms with Crippen molar-refractivity contribution >= 4 is 27.5 Å². The maximum atomic E-state index is 13.6. The van der Waals surface area contributed by atoms with Crippen LogP contribution >= 0.6 is 0 Å². The van der Waals surface area contributed by atoms with Gasteiger partial charge in [0.25, 0.3) is 0 Å². The number of rotatable bonds is 13. The van der Waals surface area contributed by atoms with Gasteiger partial charge < -0.3 is 15.0 Å². The van der Waals surface area contributed by atoms with Crippen LogP contribution in [-0.4, -0.2) is 57.6 Å². The molecule has 0 bridgehead atoms. The van der Waals surface area contributed by atoms with Gasteiger partial charge in [-0.1, -0.05) is 50.6 Å². The third-order valence-electron chi connectivity index (χ3n) is 5.43. The number of hydrogen-bond acceptors (Lipinski definition) is 5. The molecule has 1 N–H and O–H groups in total. The molecule has 2 amide bonds. The van der Waals surface area contributed by atoms with E-state index in [1.54, 1.807) is 49.6 Å². The molecule has 2 aromatic carbocycles. The Morgan fingerprint density at radius 3 is 2.35 bits per heavy atom. The summed E-state index contributed by atoms with van der Waals surface area (Å²) in [5.41, 5.74) is 1.17. The number of unbranched alkanes of at least 4 members (excludes halogenated alkanes) is 1. The minimum Gasteiger partial charge on any atom is -0.497 e. The fraction of sp³-hybridized carbons (Fsp3) is 0.440. The van der Waals surface area contributed by atoms with Crippen LogP contribution < -0.4 is 14.4 Å². The Kier molecular flexibility index (Phi) is 10.4. The smallest absolute Gasteiger partial charge is 0.244 e. The van der Waals surface area contributed by atoms with Crippen LogP contribution in [0.4, 0.5) is 5.69 Å². The second-order valence-corrected chi connectivity index (χ2v) is 9.95. The molecule has 0 fully saturated rings. The van der Waals surface area contributed by atoms with Gasteiger partial charge in [-0.2, -0.15) is 0 Å². The molecule has 0 unspecified atom stereocenters. The SMILES string of the molecule is CCCCNC(=O)[C@@H](CC)N(Cc1cccc(OC)c1)C(=O)CN(c1ccccc1)S(C)(=O)=O. The molecule has 0 aliphatic rings. The van der Waals surface area contributed by atoms with Crippen LogP contribution in [0.2, 0.25) is 0 Å². The first-order chi connectivity index (χ1) is 16.2. The molecular formula is C25H35N3O5S. The Hall–Kier alpha value is -3.07. The normalized spacial score (nSPS) is 12.0. The van der Waals surface area contributed by atoms with Crippen LogP contribution in [0.25, 0.3) is 0 Å². The van der Waals surface area contributed by atoms with Crippen molar-refractivity contribution in [3.63, 3.8) is 0 Å². The predicted octanol–water partition coefficient (Wildman–Crippen LogP) is 3.18. The largest absolute Gasteiger partial charge is 0.497 e. The van der Waals surface area contributed by atoms with Gasteiger partial charge in [0.2, 0.25) is 21.8 Å². The number of amides is 2. The van der Waals surface area contributed by atoms with Crippen molar-refractivity contribution in [1.29, 1.82) is 0 Å². The maximum absolute atomic E-state index is 13.6. The van der Waals surface area contributed by atoms with E-state index in [1.165, 1.54) is 4.90 Å². The summed E-state index contributed by atoms with van der Waals surface area (Å²) in [7, 11) is -2.18. The molecule has 0 aromatic heterocycles. The molecule has 0 saturated carbocycles. The van der Waals surface area contributed by atoms with Gasteiger partial charge in [-0.25, -0.2) is 8.42 Å². The zero-order valence-corrected chi connectivity index (χ0v) is 21.2. The summed E-state index contributed by atoms with van der Waals surface area (Å²) in [6, 6.07) is 15.0. The van der Waals surface area contributed by atoms with E-state index in [1.807, 2.05) is 26.0 Å². The van der Waals surface area contributed by atoms with E-state index >= 15 is 0 Å². The number of carbonyl (C=O) groups excluding carboxylic acids is 2. The zero-order valence-electron chi connectivity index (χ0n) is 20.4. The van der Waals surface area contributed by atoms with Crippen molar-refractivity contribution in [2.24, 2.45) is 0 Å². The second-order valence-electron chi connectivity index (χ2n) is 8.05. The Bertz CT molecular complexity index is 1040. The van der Waals surface area contributed by atoms with E-state index in [-0.39, 0.29) is 12.5 Å². The number of hydrogen-bond donors (Lipinski definition) is 1. The van der Waals surface area contributed by atoms with Crippen molar-refractivity contribution in [3.05, 3.63) is 60.2 Å². The topological polar surface area (TPSA) is 96.0 Å². The van der Waals surface area contributed by atoms with Crippen LogP contribution in [-0.2, 0) is 26.2 Å².